The summed E-state index contributed by atoms with van der Waals surface area (Å²) in [6.45, 7) is 1.93. The number of hydrogen-bond donors (Lipinski definition) is 2. The smallest absolute Gasteiger partial charge is 0.223 e. The van der Waals surface area contributed by atoms with E-state index in [9.17, 15) is 0 Å². The van der Waals surface area contributed by atoms with E-state index in [1.807, 2.05) is 6.20 Å². The summed E-state index contributed by atoms with van der Waals surface area (Å²) in [6.07, 6.45) is 8.24. The summed E-state index contributed by atoms with van der Waals surface area (Å²) in [7, 11) is 0. The number of aromatic nitrogens is 2. The van der Waals surface area contributed by atoms with Crippen LogP contribution < -0.4 is 10.6 Å². The van der Waals surface area contributed by atoms with Crippen LogP contribution in [0.3, 0.4) is 0 Å². The minimum atomic E-state index is 0.592. The predicted octanol–water partition coefficient (Wildman–Crippen LogP) is 1.48. The largest absolute Gasteiger partial charge is 0.351 e. The molecule has 0 bridgehead atoms. The van der Waals surface area contributed by atoms with Crippen LogP contribution in [-0.4, -0.2) is 22.6 Å². The van der Waals surface area contributed by atoms with Crippen molar-refractivity contribution in [1.29, 1.82) is 0 Å². The van der Waals surface area contributed by atoms with Crippen LogP contribution in [0.5, 0.6) is 0 Å². The summed E-state index contributed by atoms with van der Waals surface area (Å²) in [5.74, 6) is 0.814. The number of rotatable bonds is 2. The Kier molecular flexibility index (Phi) is 2.74. The lowest BCUT2D eigenvalue weighted by molar-refractivity contribution is 0.622. The van der Waals surface area contributed by atoms with Crippen LogP contribution in [0.4, 0.5) is 5.95 Å². The van der Waals surface area contributed by atoms with E-state index in [0.717, 1.165) is 25.5 Å². The van der Waals surface area contributed by atoms with Gasteiger partial charge in [0.1, 0.15) is 0 Å². The molecule has 1 aliphatic heterocycles. The topological polar surface area (TPSA) is 49.8 Å². The van der Waals surface area contributed by atoms with Gasteiger partial charge in [0, 0.05) is 18.8 Å². The van der Waals surface area contributed by atoms with Gasteiger partial charge in [0.15, 0.2) is 0 Å². The van der Waals surface area contributed by atoms with Crippen molar-refractivity contribution in [3.05, 3.63) is 17.5 Å². The molecule has 0 unspecified atom stereocenters. The van der Waals surface area contributed by atoms with E-state index < -0.39 is 0 Å². The zero-order chi connectivity index (χ0) is 10.8. The summed E-state index contributed by atoms with van der Waals surface area (Å²) < 4.78 is 0. The molecule has 0 spiro atoms. The molecule has 0 saturated heterocycles. The number of fused-ring (bicyclic) bond motifs is 1. The summed E-state index contributed by atoms with van der Waals surface area (Å²) in [5, 5.41) is 6.78. The fourth-order valence-electron chi connectivity index (χ4n) is 2.56. The molecule has 1 fully saturated rings. The molecular formula is C12H18N4. The van der Waals surface area contributed by atoms with Gasteiger partial charge in [-0.3, -0.25) is 0 Å². The van der Waals surface area contributed by atoms with Gasteiger partial charge in [-0.25, -0.2) is 9.97 Å². The Balaban J connectivity index is 1.74. The lowest BCUT2D eigenvalue weighted by Gasteiger charge is -2.18. The summed E-state index contributed by atoms with van der Waals surface area (Å²) in [4.78, 5) is 9.00. The monoisotopic (exact) mass is 218 g/mol. The van der Waals surface area contributed by atoms with E-state index >= 15 is 0 Å². The van der Waals surface area contributed by atoms with E-state index in [0.29, 0.717) is 6.04 Å². The maximum Gasteiger partial charge on any atom is 0.223 e. The van der Waals surface area contributed by atoms with Gasteiger partial charge in [0.05, 0.1) is 5.69 Å². The second-order valence-electron chi connectivity index (χ2n) is 4.72. The third-order valence-corrected chi connectivity index (χ3v) is 3.51. The number of nitrogens with one attached hydrogen (secondary N) is 2. The van der Waals surface area contributed by atoms with Crippen molar-refractivity contribution in [2.75, 3.05) is 11.9 Å². The van der Waals surface area contributed by atoms with Gasteiger partial charge >= 0.3 is 0 Å². The molecular weight excluding hydrogens is 200 g/mol. The molecule has 1 saturated carbocycles. The SMILES string of the molecule is c1nc(NC2CCCC2)nc2c1CCNC2. The van der Waals surface area contributed by atoms with Crippen molar-refractivity contribution >= 4 is 5.95 Å². The Hall–Kier alpha value is -1.16. The molecule has 2 heterocycles. The third kappa shape index (κ3) is 2.02. The van der Waals surface area contributed by atoms with Crippen molar-refractivity contribution in [2.24, 2.45) is 0 Å². The van der Waals surface area contributed by atoms with Gasteiger partial charge in [-0.2, -0.15) is 0 Å². The van der Waals surface area contributed by atoms with Gasteiger partial charge in [0.2, 0.25) is 5.95 Å². The predicted molar refractivity (Wildman–Crippen MR) is 63.3 cm³/mol. The van der Waals surface area contributed by atoms with Crippen LogP contribution in [0, 0.1) is 0 Å². The molecule has 3 rings (SSSR count). The van der Waals surface area contributed by atoms with Crippen LogP contribution in [0.15, 0.2) is 6.20 Å². The fraction of sp³-hybridized carbons (Fsp3) is 0.667. The van der Waals surface area contributed by atoms with Crippen LogP contribution in [0.25, 0.3) is 0 Å². The van der Waals surface area contributed by atoms with E-state index in [2.05, 4.69) is 20.6 Å². The molecule has 4 nitrogen and oxygen atoms in total. The van der Waals surface area contributed by atoms with Gasteiger partial charge in [-0.1, -0.05) is 12.8 Å². The van der Waals surface area contributed by atoms with Crippen molar-refractivity contribution in [2.45, 2.75) is 44.7 Å². The quantitative estimate of drug-likeness (QED) is 0.789. The average Bonchev–Trinajstić information content (AvgIpc) is 2.82. The first-order valence-electron chi connectivity index (χ1n) is 6.24. The second-order valence-corrected chi connectivity index (χ2v) is 4.72. The van der Waals surface area contributed by atoms with Crippen molar-refractivity contribution in [3.63, 3.8) is 0 Å². The van der Waals surface area contributed by atoms with Gasteiger partial charge < -0.3 is 10.6 Å². The van der Waals surface area contributed by atoms with E-state index in [4.69, 9.17) is 0 Å². The molecule has 2 N–H and O–H groups in total. The lowest BCUT2D eigenvalue weighted by Crippen LogP contribution is -2.26. The standard InChI is InChI=1S/C12H18N4/c1-2-4-10(3-1)15-12-14-7-9-5-6-13-8-11(9)16-12/h7,10,13H,1-6,8H2,(H,14,15,16). The number of anilines is 1. The molecule has 4 heteroatoms. The first-order chi connectivity index (χ1) is 7.92. The zero-order valence-electron chi connectivity index (χ0n) is 9.50. The summed E-state index contributed by atoms with van der Waals surface area (Å²) in [6, 6.07) is 0.592. The van der Waals surface area contributed by atoms with Crippen molar-refractivity contribution < 1.29 is 0 Å². The van der Waals surface area contributed by atoms with E-state index in [-0.39, 0.29) is 0 Å². The zero-order valence-corrected chi connectivity index (χ0v) is 9.50. The Morgan fingerprint density at radius 3 is 3.06 bits per heavy atom. The van der Waals surface area contributed by atoms with E-state index in [1.54, 1.807) is 0 Å². The van der Waals surface area contributed by atoms with Crippen LogP contribution in [0.2, 0.25) is 0 Å². The Morgan fingerprint density at radius 1 is 1.31 bits per heavy atom. The maximum absolute atomic E-state index is 4.59. The molecule has 1 aliphatic carbocycles. The summed E-state index contributed by atoms with van der Waals surface area (Å²) >= 11 is 0. The Labute approximate surface area is 95.9 Å². The van der Waals surface area contributed by atoms with Crippen LogP contribution in [0.1, 0.15) is 36.9 Å². The molecule has 1 aromatic rings. The van der Waals surface area contributed by atoms with Gasteiger partial charge in [-0.05, 0) is 31.4 Å². The molecule has 0 amide bonds. The first-order valence-corrected chi connectivity index (χ1v) is 6.24. The minimum absolute atomic E-state index is 0.592. The highest BCUT2D eigenvalue weighted by molar-refractivity contribution is 5.32. The third-order valence-electron chi connectivity index (χ3n) is 3.51. The second kappa shape index (κ2) is 4.37. The molecule has 0 aromatic carbocycles. The Morgan fingerprint density at radius 2 is 2.19 bits per heavy atom. The number of hydrogen-bond acceptors (Lipinski definition) is 4. The summed E-state index contributed by atoms with van der Waals surface area (Å²) in [5.41, 5.74) is 2.47. The average molecular weight is 218 g/mol. The lowest BCUT2D eigenvalue weighted by atomic mass is 10.1. The highest BCUT2D eigenvalue weighted by Gasteiger charge is 2.17. The minimum Gasteiger partial charge on any atom is -0.351 e. The highest BCUT2D eigenvalue weighted by atomic mass is 15.1. The van der Waals surface area contributed by atoms with Crippen LogP contribution in [-0.2, 0) is 13.0 Å². The molecule has 86 valence electrons. The van der Waals surface area contributed by atoms with Crippen LogP contribution >= 0.6 is 0 Å². The van der Waals surface area contributed by atoms with Gasteiger partial charge in [-0.15, -0.1) is 0 Å². The molecule has 0 radical (unpaired) electrons. The fourth-order valence-corrected chi connectivity index (χ4v) is 2.56. The van der Waals surface area contributed by atoms with E-state index in [1.165, 1.54) is 36.9 Å². The highest BCUT2D eigenvalue weighted by Crippen LogP contribution is 2.21. The molecule has 16 heavy (non-hydrogen) atoms. The normalized spacial score (nSPS) is 20.8. The number of nitrogens with zero attached hydrogens (tertiary/aromatic N) is 2. The molecule has 1 aromatic heterocycles. The first kappa shape index (κ1) is 10.0. The Bertz CT molecular complexity index is 371. The van der Waals surface area contributed by atoms with Gasteiger partial charge in [0.25, 0.3) is 0 Å². The van der Waals surface area contributed by atoms with Crippen molar-refractivity contribution in [1.82, 2.24) is 15.3 Å². The maximum atomic E-state index is 4.59. The molecule has 0 atom stereocenters. The van der Waals surface area contributed by atoms with Crippen molar-refractivity contribution in [3.8, 4) is 0 Å². The molecule has 2 aliphatic rings.